The summed E-state index contributed by atoms with van der Waals surface area (Å²) in [6, 6.07) is 7.30. The number of H-pyrrole nitrogens is 1. The molecular weight excluding hydrogens is 359 g/mol. The number of carbonyl (C=O) groups is 1. The maximum Gasteiger partial charge on any atom is 0.363 e. The molecule has 0 amide bonds. The van der Waals surface area contributed by atoms with Crippen LogP contribution >= 0.6 is 11.8 Å². The van der Waals surface area contributed by atoms with Crippen molar-refractivity contribution in [1.29, 1.82) is 0 Å². The van der Waals surface area contributed by atoms with Crippen LogP contribution in [0.15, 0.2) is 29.2 Å². The number of thioether (sulfide) groups is 1. The third-order valence-corrected chi connectivity index (χ3v) is 4.25. The van der Waals surface area contributed by atoms with Gasteiger partial charge in [-0.15, -0.1) is 11.8 Å². The highest BCUT2D eigenvalue weighted by Gasteiger charge is 2.18. The molecule has 0 bridgehead atoms. The highest BCUT2D eigenvalue weighted by atomic mass is 35.5. The predicted octanol–water partition coefficient (Wildman–Crippen LogP) is -4.84. The fourth-order valence-electron chi connectivity index (χ4n) is 2.00. The van der Waals surface area contributed by atoms with Crippen LogP contribution < -0.4 is 40.3 Å². The molecule has 2 aromatic rings. The number of pyridine rings is 1. The van der Waals surface area contributed by atoms with E-state index in [0.717, 1.165) is 27.2 Å². The molecule has 0 fully saturated rings. The molecule has 5 nitrogen and oxygen atoms in total. The molecule has 1 aromatic carbocycles. The van der Waals surface area contributed by atoms with E-state index in [4.69, 9.17) is 9.84 Å². The summed E-state index contributed by atoms with van der Waals surface area (Å²) in [5.41, 5.74) is 5.69. The largest absolute Gasteiger partial charge is 1.00 e. The Kier molecular flexibility index (Phi) is 9.31. The molecule has 0 saturated heterocycles. The molecule has 1 atom stereocenters. The van der Waals surface area contributed by atoms with Gasteiger partial charge in [-0.2, -0.15) is 0 Å². The number of carboxylic acids is 1. The van der Waals surface area contributed by atoms with Crippen LogP contribution in [0.25, 0.3) is 10.9 Å². The molecule has 0 radical (unpaired) electrons. The number of rotatable bonds is 6. The van der Waals surface area contributed by atoms with Gasteiger partial charge in [-0.3, -0.25) is 0 Å². The lowest BCUT2D eigenvalue weighted by molar-refractivity contribution is -0.400. The van der Waals surface area contributed by atoms with E-state index in [1.807, 2.05) is 38.1 Å². The Morgan fingerprint density at radius 1 is 1.39 bits per heavy atom. The second-order valence-electron chi connectivity index (χ2n) is 4.80. The molecule has 5 N–H and O–H groups in total. The van der Waals surface area contributed by atoms with E-state index in [1.54, 1.807) is 0 Å². The van der Waals surface area contributed by atoms with Gasteiger partial charge in [0.05, 0.1) is 17.7 Å². The number of aromatic amines is 1. The third-order valence-electron chi connectivity index (χ3n) is 3.04. The first-order valence-corrected chi connectivity index (χ1v) is 7.78. The van der Waals surface area contributed by atoms with E-state index < -0.39 is 12.0 Å². The van der Waals surface area contributed by atoms with Gasteiger partial charge in [0.1, 0.15) is 5.75 Å². The number of aryl methyl sites for hydroxylation is 1. The standard InChI is InChI=1S/C15H18N2O3S.2ClH/c1-3-20-10-4-5-13-11(7-10)14(6-9(2)17-13)21-8-12(16)15(18)19;;/h4-7,12H,3,8,16H2,1-2H3,(H,18,19);2*1H. The zero-order valence-electron chi connectivity index (χ0n) is 12.9. The maximum atomic E-state index is 10.9. The van der Waals surface area contributed by atoms with Crippen molar-refractivity contribution >= 4 is 28.6 Å². The molecule has 0 spiro atoms. The van der Waals surface area contributed by atoms with E-state index in [0.29, 0.717) is 12.4 Å². The molecule has 1 aromatic heterocycles. The number of aliphatic carboxylic acids is 1. The van der Waals surface area contributed by atoms with Crippen LogP contribution in [0.5, 0.6) is 5.75 Å². The van der Waals surface area contributed by atoms with Crippen LogP contribution in [0.1, 0.15) is 12.6 Å². The van der Waals surface area contributed by atoms with Gasteiger partial charge < -0.3 is 40.4 Å². The molecular formula is C15H20Cl2N2O3S. The molecule has 23 heavy (non-hydrogen) atoms. The number of nitrogens with one attached hydrogen (secondary N) is 1. The number of halogens is 2. The topological polar surface area (TPSA) is 88.3 Å². The van der Waals surface area contributed by atoms with Crippen molar-refractivity contribution in [3.05, 3.63) is 30.0 Å². The SMILES string of the molecule is CCOc1ccc2[nH+]c(C)cc(SCC([NH3+])C(=O)O)c2c1.[Cl-].[Cl-]. The van der Waals surface area contributed by atoms with Crippen molar-refractivity contribution in [3.8, 4) is 5.75 Å². The minimum atomic E-state index is -0.874. The maximum absolute atomic E-state index is 10.9. The first kappa shape index (κ1) is 21.8. The summed E-state index contributed by atoms with van der Waals surface area (Å²) in [6.07, 6.45) is 0. The summed E-state index contributed by atoms with van der Waals surface area (Å²) in [5.74, 6) is 0.377. The van der Waals surface area contributed by atoms with Crippen molar-refractivity contribution in [3.63, 3.8) is 0 Å². The van der Waals surface area contributed by atoms with Gasteiger partial charge in [0.2, 0.25) is 5.52 Å². The molecule has 2 rings (SSSR count). The molecule has 0 aliphatic carbocycles. The van der Waals surface area contributed by atoms with Gasteiger partial charge in [0, 0.05) is 24.0 Å². The van der Waals surface area contributed by atoms with Crippen molar-refractivity contribution < 1.29 is 50.2 Å². The van der Waals surface area contributed by atoms with E-state index in [1.165, 1.54) is 11.8 Å². The predicted molar refractivity (Wildman–Crippen MR) is 81.4 cm³/mol. The van der Waals surface area contributed by atoms with Crippen LogP contribution in [-0.4, -0.2) is 29.5 Å². The average Bonchev–Trinajstić information content (AvgIpc) is 2.44. The van der Waals surface area contributed by atoms with Gasteiger partial charge in [-0.1, -0.05) is 0 Å². The summed E-state index contributed by atoms with van der Waals surface area (Å²) >= 11 is 1.51. The Balaban J connectivity index is 0.00000242. The van der Waals surface area contributed by atoms with Crippen molar-refractivity contribution in [2.45, 2.75) is 24.8 Å². The number of aromatic nitrogens is 1. The van der Waals surface area contributed by atoms with Crippen molar-refractivity contribution in [1.82, 2.24) is 0 Å². The van der Waals surface area contributed by atoms with Gasteiger partial charge in [-0.25, -0.2) is 9.78 Å². The number of carboxylic acid groups (broad SMARTS) is 1. The molecule has 8 heteroatoms. The van der Waals surface area contributed by atoms with Gasteiger partial charge >= 0.3 is 5.97 Å². The van der Waals surface area contributed by atoms with E-state index in [2.05, 4.69) is 10.7 Å². The molecule has 0 aliphatic heterocycles. The number of hydrogen-bond acceptors (Lipinski definition) is 3. The van der Waals surface area contributed by atoms with Crippen molar-refractivity contribution in [2.24, 2.45) is 0 Å². The lowest BCUT2D eigenvalue weighted by atomic mass is 10.2. The Bertz CT molecular complexity index is 670. The number of ether oxygens (including phenoxy) is 1. The van der Waals surface area contributed by atoms with Crippen molar-refractivity contribution in [2.75, 3.05) is 12.4 Å². The lowest BCUT2D eigenvalue weighted by Crippen LogP contribution is -3.00. The van der Waals surface area contributed by atoms with Crippen LogP contribution in [0, 0.1) is 6.92 Å². The lowest BCUT2D eigenvalue weighted by Gasteiger charge is -2.08. The Hall–Kier alpha value is -1.21. The fourth-order valence-corrected chi connectivity index (χ4v) is 3.10. The minimum Gasteiger partial charge on any atom is -1.00 e. The van der Waals surface area contributed by atoms with Gasteiger partial charge in [-0.05, 0) is 19.1 Å². The number of fused-ring (bicyclic) bond motifs is 1. The Morgan fingerprint density at radius 2 is 2.09 bits per heavy atom. The Labute approximate surface area is 151 Å². The third kappa shape index (κ3) is 5.73. The van der Waals surface area contributed by atoms with Gasteiger partial charge in [0.15, 0.2) is 11.7 Å². The number of hydrogen-bond donors (Lipinski definition) is 2. The highest BCUT2D eigenvalue weighted by molar-refractivity contribution is 7.99. The summed E-state index contributed by atoms with van der Waals surface area (Å²) in [5, 5.41) is 9.98. The fraction of sp³-hybridized carbons (Fsp3) is 0.333. The highest BCUT2D eigenvalue weighted by Crippen LogP contribution is 2.29. The monoisotopic (exact) mass is 378 g/mol. The molecule has 0 aliphatic rings. The Morgan fingerprint density at radius 3 is 2.70 bits per heavy atom. The number of quaternary nitrogens is 1. The quantitative estimate of drug-likeness (QED) is 0.493. The first-order valence-electron chi connectivity index (χ1n) is 6.79. The normalized spacial score (nSPS) is 11.3. The summed E-state index contributed by atoms with van der Waals surface area (Å²) < 4.78 is 5.53. The minimum absolute atomic E-state index is 0. The molecule has 0 saturated carbocycles. The van der Waals surface area contributed by atoms with E-state index in [-0.39, 0.29) is 24.8 Å². The average molecular weight is 379 g/mol. The van der Waals surface area contributed by atoms with E-state index in [9.17, 15) is 4.79 Å². The number of benzene rings is 1. The van der Waals surface area contributed by atoms with Crippen LogP contribution in [0.2, 0.25) is 0 Å². The molecule has 1 heterocycles. The van der Waals surface area contributed by atoms with Crippen LogP contribution in [-0.2, 0) is 4.79 Å². The van der Waals surface area contributed by atoms with Gasteiger partial charge in [0.25, 0.3) is 0 Å². The zero-order chi connectivity index (χ0) is 15.4. The second kappa shape index (κ2) is 9.82. The second-order valence-corrected chi connectivity index (χ2v) is 5.87. The summed E-state index contributed by atoms with van der Waals surface area (Å²) in [6.45, 7) is 4.55. The zero-order valence-corrected chi connectivity index (χ0v) is 15.3. The molecule has 128 valence electrons. The van der Waals surface area contributed by atoms with E-state index >= 15 is 0 Å². The molecule has 1 unspecified atom stereocenters. The van der Waals surface area contributed by atoms with Crippen LogP contribution in [0.4, 0.5) is 0 Å². The first-order chi connectivity index (χ1) is 10.0. The summed E-state index contributed by atoms with van der Waals surface area (Å²) in [7, 11) is 0. The van der Waals surface area contributed by atoms with Crippen LogP contribution in [0.3, 0.4) is 0 Å². The summed E-state index contributed by atoms with van der Waals surface area (Å²) in [4.78, 5) is 15.2. The smallest absolute Gasteiger partial charge is 0.363 e.